The topological polar surface area (TPSA) is 82.9 Å². The van der Waals surface area contributed by atoms with Gasteiger partial charge in [-0.3, -0.25) is 15.0 Å². The van der Waals surface area contributed by atoms with Gasteiger partial charge in [-0.05, 0) is 24.6 Å². The lowest BCUT2D eigenvalue weighted by Gasteiger charge is -2.22. The highest BCUT2D eigenvalue weighted by Gasteiger charge is 2.50. The summed E-state index contributed by atoms with van der Waals surface area (Å²) in [5, 5.41) is 3.34. The van der Waals surface area contributed by atoms with Gasteiger partial charge in [-0.1, -0.05) is 42.5 Å². The Balaban J connectivity index is 1.62. The maximum Gasteiger partial charge on any atom is 0.344 e. The van der Waals surface area contributed by atoms with Crippen LogP contribution in [0.4, 0.5) is 9.18 Å². The fourth-order valence-corrected chi connectivity index (χ4v) is 3.20. The summed E-state index contributed by atoms with van der Waals surface area (Å²) in [6, 6.07) is 14.3. The molecular formula is C20H22FN4O3+. The molecule has 0 radical (unpaired) electrons. The Hall–Kier alpha value is -3.26. The number of hydrogen-bond donors (Lipinski definition) is 3. The monoisotopic (exact) mass is 385 g/mol. The van der Waals surface area contributed by atoms with E-state index in [2.05, 4.69) is 10.7 Å². The van der Waals surface area contributed by atoms with Crippen molar-refractivity contribution in [2.75, 3.05) is 13.6 Å². The minimum absolute atomic E-state index is 0.00955. The third-order valence-corrected chi connectivity index (χ3v) is 4.64. The number of rotatable bonds is 6. The molecule has 1 fully saturated rings. The molecule has 2 aromatic carbocycles. The molecule has 3 rings (SSSR count). The number of amides is 4. The summed E-state index contributed by atoms with van der Waals surface area (Å²) in [4.78, 5) is 38.1. The minimum atomic E-state index is -1.24. The quantitative estimate of drug-likeness (QED) is 0.627. The molecule has 8 heteroatoms. The van der Waals surface area contributed by atoms with Crippen molar-refractivity contribution in [1.82, 2.24) is 15.8 Å². The molecule has 1 unspecified atom stereocenters. The fourth-order valence-electron chi connectivity index (χ4n) is 3.20. The smallest absolute Gasteiger partial charge is 0.326 e. The summed E-state index contributed by atoms with van der Waals surface area (Å²) in [6.45, 7) is 2.03. The second kappa shape index (κ2) is 7.77. The van der Waals surface area contributed by atoms with Crippen LogP contribution in [0.15, 0.2) is 54.6 Å². The van der Waals surface area contributed by atoms with Crippen LogP contribution in [-0.4, -0.2) is 36.4 Å². The van der Waals surface area contributed by atoms with E-state index in [1.807, 2.05) is 6.07 Å². The predicted octanol–water partition coefficient (Wildman–Crippen LogP) is 0.339. The van der Waals surface area contributed by atoms with Gasteiger partial charge in [-0.15, -0.1) is 0 Å². The molecule has 28 heavy (non-hydrogen) atoms. The van der Waals surface area contributed by atoms with Crippen LogP contribution >= 0.6 is 0 Å². The molecule has 2 aromatic rings. The number of imide groups is 1. The Bertz CT molecular complexity index is 905. The van der Waals surface area contributed by atoms with Gasteiger partial charge in [-0.25, -0.2) is 9.18 Å². The molecule has 4 amide bonds. The van der Waals surface area contributed by atoms with Gasteiger partial charge in [0.25, 0.3) is 11.8 Å². The Kier molecular flexibility index (Phi) is 5.41. The lowest BCUT2D eigenvalue weighted by molar-refractivity contribution is -0.885. The normalized spacial score (nSPS) is 20.0. The van der Waals surface area contributed by atoms with E-state index in [4.69, 9.17) is 0 Å². The number of benzene rings is 2. The van der Waals surface area contributed by atoms with E-state index >= 15 is 0 Å². The number of quaternary nitrogens is 1. The summed E-state index contributed by atoms with van der Waals surface area (Å²) in [7, 11) is 1.77. The van der Waals surface area contributed by atoms with Gasteiger partial charge < -0.3 is 10.2 Å². The number of nitrogens with one attached hydrogen (secondary N) is 3. The van der Waals surface area contributed by atoms with Gasteiger partial charge in [-0.2, -0.15) is 5.01 Å². The molecule has 7 nitrogen and oxygen atoms in total. The molecule has 0 bridgehead atoms. The molecule has 1 aliphatic rings. The van der Waals surface area contributed by atoms with E-state index in [9.17, 15) is 18.8 Å². The molecule has 0 saturated carbocycles. The van der Waals surface area contributed by atoms with Gasteiger partial charge in [0.1, 0.15) is 17.9 Å². The third-order valence-electron chi connectivity index (χ3n) is 4.64. The van der Waals surface area contributed by atoms with Crippen LogP contribution < -0.4 is 15.6 Å². The second-order valence-electron chi connectivity index (χ2n) is 7.04. The van der Waals surface area contributed by atoms with Crippen molar-refractivity contribution >= 4 is 17.8 Å². The van der Waals surface area contributed by atoms with Crippen molar-refractivity contribution in [2.24, 2.45) is 0 Å². The first-order valence-electron chi connectivity index (χ1n) is 8.87. The Morgan fingerprint density at radius 3 is 2.57 bits per heavy atom. The zero-order chi connectivity index (χ0) is 20.3. The largest absolute Gasteiger partial charge is 0.344 e. The van der Waals surface area contributed by atoms with Crippen LogP contribution in [0.5, 0.6) is 0 Å². The number of carbonyl (C=O) groups excluding carboxylic acids is 3. The van der Waals surface area contributed by atoms with Crippen LogP contribution in [0.2, 0.25) is 0 Å². The SMILES string of the molecule is C[NH+](CC(=O)NN1C(=O)N[C@@](C)(c2ccccc2)C1=O)Cc1cccc(F)c1. The Morgan fingerprint density at radius 1 is 1.18 bits per heavy atom. The fraction of sp³-hybridized carbons (Fsp3) is 0.250. The van der Waals surface area contributed by atoms with Gasteiger partial charge in [0.15, 0.2) is 6.54 Å². The zero-order valence-corrected chi connectivity index (χ0v) is 15.7. The number of likely N-dealkylation sites (N-methyl/N-ethyl adjacent to an activating group) is 1. The third kappa shape index (κ3) is 4.01. The first kappa shape index (κ1) is 19.5. The molecule has 0 aliphatic carbocycles. The number of urea groups is 1. The van der Waals surface area contributed by atoms with Crippen LogP contribution in [0.3, 0.4) is 0 Å². The van der Waals surface area contributed by atoms with Crippen molar-refractivity contribution in [3.05, 3.63) is 71.5 Å². The first-order chi connectivity index (χ1) is 13.3. The predicted molar refractivity (Wildman–Crippen MR) is 99.2 cm³/mol. The summed E-state index contributed by atoms with van der Waals surface area (Å²) >= 11 is 0. The molecule has 1 aliphatic heterocycles. The van der Waals surface area contributed by atoms with E-state index in [1.54, 1.807) is 50.4 Å². The molecule has 1 heterocycles. The first-order valence-corrected chi connectivity index (χ1v) is 8.87. The molecule has 0 spiro atoms. The number of hydrogen-bond acceptors (Lipinski definition) is 3. The van der Waals surface area contributed by atoms with Crippen molar-refractivity contribution in [1.29, 1.82) is 0 Å². The standard InChI is InChI=1S/C20H21FN4O3/c1-20(15-8-4-3-5-9-15)18(27)25(19(28)22-20)23-17(26)13-24(2)12-14-7-6-10-16(21)11-14/h3-11H,12-13H2,1-2H3,(H,22,28)(H,23,26)/p+1/t20-/m0/s1. The van der Waals surface area contributed by atoms with Crippen LogP contribution in [0.25, 0.3) is 0 Å². The zero-order valence-electron chi connectivity index (χ0n) is 15.7. The summed E-state index contributed by atoms with van der Waals surface area (Å²) in [5.41, 5.74) is 2.50. The molecule has 3 N–H and O–H groups in total. The van der Waals surface area contributed by atoms with Crippen molar-refractivity contribution < 1.29 is 23.7 Å². The Labute approximate surface area is 162 Å². The summed E-state index contributed by atoms with van der Waals surface area (Å²) in [5.74, 6) is -1.39. The molecular weight excluding hydrogens is 363 g/mol. The lowest BCUT2D eigenvalue weighted by Crippen LogP contribution is -3.09. The molecule has 146 valence electrons. The minimum Gasteiger partial charge on any atom is -0.326 e. The average molecular weight is 385 g/mol. The van der Waals surface area contributed by atoms with Crippen molar-refractivity contribution in [2.45, 2.75) is 19.0 Å². The molecule has 0 aromatic heterocycles. The van der Waals surface area contributed by atoms with E-state index in [1.165, 1.54) is 12.1 Å². The number of carbonyl (C=O) groups is 3. The maximum absolute atomic E-state index is 13.3. The van der Waals surface area contributed by atoms with E-state index in [0.717, 1.165) is 10.5 Å². The molecule has 1 saturated heterocycles. The highest BCUT2D eigenvalue weighted by molar-refractivity contribution is 6.08. The number of nitrogens with zero attached hydrogens (tertiary/aromatic N) is 1. The van der Waals surface area contributed by atoms with E-state index < -0.39 is 23.4 Å². The highest BCUT2D eigenvalue weighted by atomic mass is 19.1. The number of hydrazine groups is 1. The number of halogens is 1. The summed E-state index contributed by atoms with van der Waals surface area (Å²) < 4.78 is 13.3. The second-order valence-corrected chi connectivity index (χ2v) is 7.04. The Morgan fingerprint density at radius 2 is 1.89 bits per heavy atom. The maximum atomic E-state index is 13.3. The van der Waals surface area contributed by atoms with Crippen molar-refractivity contribution in [3.8, 4) is 0 Å². The van der Waals surface area contributed by atoms with E-state index in [0.29, 0.717) is 17.1 Å². The van der Waals surface area contributed by atoms with Gasteiger partial charge in [0, 0.05) is 5.56 Å². The summed E-state index contributed by atoms with van der Waals surface area (Å²) in [6.07, 6.45) is 0. The van der Waals surface area contributed by atoms with E-state index in [-0.39, 0.29) is 12.4 Å². The van der Waals surface area contributed by atoms with Crippen LogP contribution in [-0.2, 0) is 21.7 Å². The van der Waals surface area contributed by atoms with Gasteiger partial charge in [0.05, 0.1) is 7.05 Å². The van der Waals surface area contributed by atoms with Crippen LogP contribution in [0, 0.1) is 5.82 Å². The highest BCUT2D eigenvalue weighted by Crippen LogP contribution is 2.27. The lowest BCUT2D eigenvalue weighted by atomic mass is 9.92. The molecule has 2 atom stereocenters. The average Bonchev–Trinajstić information content (AvgIpc) is 2.86. The van der Waals surface area contributed by atoms with Gasteiger partial charge in [0.2, 0.25) is 0 Å². The van der Waals surface area contributed by atoms with Gasteiger partial charge >= 0.3 is 6.03 Å². The van der Waals surface area contributed by atoms with Crippen molar-refractivity contribution in [3.63, 3.8) is 0 Å². The van der Waals surface area contributed by atoms with Crippen LogP contribution in [0.1, 0.15) is 18.1 Å².